The molecule has 7 heteroatoms. The van der Waals surface area contributed by atoms with Crippen molar-refractivity contribution in [1.29, 1.82) is 0 Å². The smallest absolute Gasteiger partial charge is 0.270 e. The van der Waals surface area contributed by atoms with Crippen LogP contribution in [-0.4, -0.2) is 30.5 Å². The van der Waals surface area contributed by atoms with Crippen LogP contribution >= 0.6 is 36.2 Å². The predicted molar refractivity (Wildman–Crippen MR) is 84.1 cm³/mol. The van der Waals surface area contributed by atoms with Gasteiger partial charge < -0.3 is 10.6 Å². The molecule has 4 nitrogen and oxygen atoms in total. The molecule has 1 aromatic rings. The Morgan fingerprint density at radius 1 is 1.37 bits per heavy atom. The fourth-order valence-corrected chi connectivity index (χ4v) is 2.54. The van der Waals surface area contributed by atoms with E-state index in [9.17, 15) is 4.79 Å². The maximum absolute atomic E-state index is 11.7. The van der Waals surface area contributed by atoms with Gasteiger partial charge in [0, 0.05) is 24.4 Å². The van der Waals surface area contributed by atoms with Gasteiger partial charge in [0.25, 0.3) is 5.91 Å². The maximum atomic E-state index is 11.7. The third-order valence-electron chi connectivity index (χ3n) is 2.70. The molecule has 1 aliphatic carbocycles. The molecule has 19 heavy (non-hydrogen) atoms. The fraction of sp³-hybridized carbons (Fsp3) is 0.667. The first kappa shape index (κ1) is 18.6. The van der Waals surface area contributed by atoms with E-state index in [1.165, 1.54) is 12.8 Å². The van der Waals surface area contributed by atoms with Crippen molar-refractivity contribution in [3.8, 4) is 0 Å². The Hall–Kier alpha value is -0.360. The number of nitrogens with one attached hydrogen (secondary N) is 2. The zero-order valence-corrected chi connectivity index (χ0v) is 13.4. The third kappa shape index (κ3) is 6.08. The molecule has 1 aromatic heterocycles. The fourth-order valence-electron chi connectivity index (χ4n) is 1.57. The summed E-state index contributed by atoms with van der Waals surface area (Å²) in [5, 5.41) is 9.10. The molecule has 0 saturated heterocycles. The second-order valence-electron chi connectivity index (χ2n) is 4.35. The van der Waals surface area contributed by atoms with E-state index in [2.05, 4.69) is 22.5 Å². The van der Waals surface area contributed by atoms with E-state index in [1.807, 2.05) is 5.38 Å². The zero-order valence-electron chi connectivity index (χ0n) is 11.0. The summed E-state index contributed by atoms with van der Waals surface area (Å²) in [6.07, 6.45) is 3.58. The van der Waals surface area contributed by atoms with Crippen LogP contribution < -0.4 is 10.6 Å². The van der Waals surface area contributed by atoms with E-state index in [4.69, 9.17) is 0 Å². The van der Waals surface area contributed by atoms with Gasteiger partial charge in [-0.25, -0.2) is 4.98 Å². The molecule has 1 amide bonds. The molecular formula is C12H21Cl2N3OS. The van der Waals surface area contributed by atoms with Gasteiger partial charge in [-0.05, 0) is 25.8 Å². The van der Waals surface area contributed by atoms with Crippen molar-refractivity contribution in [3.63, 3.8) is 0 Å². The molecular weight excluding hydrogens is 305 g/mol. The number of rotatable bonds is 7. The largest absolute Gasteiger partial charge is 0.349 e. The van der Waals surface area contributed by atoms with E-state index < -0.39 is 0 Å². The van der Waals surface area contributed by atoms with Crippen molar-refractivity contribution in [2.24, 2.45) is 0 Å². The van der Waals surface area contributed by atoms with Crippen LogP contribution in [0.2, 0.25) is 0 Å². The van der Waals surface area contributed by atoms with Crippen molar-refractivity contribution in [3.05, 3.63) is 16.1 Å². The molecule has 0 unspecified atom stereocenters. The standard InChI is InChI=1S/C12H19N3OS.2ClH/c1-2-5-13-6-7-14-11(16)10-8-17-12(15-10)9-3-4-9;;/h8-9,13H,2-7H2,1H3,(H,14,16);2*1H. The average Bonchev–Trinajstić information content (AvgIpc) is 3.07. The summed E-state index contributed by atoms with van der Waals surface area (Å²) in [7, 11) is 0. The molecule has 0 aromatic carbocycles. The minimum atomic E-state index is -0.0496. The second-order valence-corrected chi connectivity index (χ2v) is 5.24. The first-order chi connectivity index (χ1) is 8.31. The summed E-state index contributed by atoms with van der Waals surface area (Å²) >= 11 is 1.61. The van der Waals surface area contributed by atoms with Gasteiger partial charge in [0.05, 0.1) is 5.01 Å². The maximum Gasteiger partial charge on any atom is 0.270 e. The highest BCUT2D eigenvalue weighted by Crippen LogP contribution is 2.41. The second kappa shape index (κ2) is 9.53. The summed E-state index contributed by atoms with van der Waals surface area (Å²) < 4.78 is 0. The normalized spacial score (nSPS) is 13.3. The third-order valence-corrected chi connectivity index (χ3v) is 3.70. The Morgan fingerprint density at radius 3 is 2.74 bits per heavy atom. The predicted octanol–water partition coefficient (Wildman–Crippen LogP) is 2.59. The quantitative estimate of drug-likeness (QED) is 0.757. The van der Waals surface area contributed by atoms with E-state index in [0.717, 1.165) is 24.5 Å². The van der Waals surface area contributed by atoms with Gasteiger partial charge in [-0.1, -0.05) is 6.92 Å². The molecule has 1 saturated carbocycles. The number of carbonyl (C=O) groups is 1. The van der Waals surface area contributed by atoms with Crippen molar-refractivity contribution in [2.45, 2.75) is 32.1 Å². The molecule has 0 spiro atoms. The van der Waals surface area contributed by atoms with Crippen LogP contribution in [0.4, 0.5) is 0 Å². The number of aromatic nitrogens is 1. The van der Waals surface area contributed by atoms with Crippen LogP contribution in [-0.2, 0) is 0 Å². The van der Waals surface area contributed by atoms with Gasteiger partial charge in [0.2, 0.25) is 0 Å². The molecule has 0 atom stereocenters. The summed E-state index contributed by atoms with van der Waals surface area (Å²) in [6.45, 7) is 4.60. The number of hydrogen-bond donors (Lipinski definition) is 2. The number of nitrogens with zero attached hydrogens (tertiary/aromatic N) is 1. The Labute approximate surface area is 130 Å². The topological polar surface area (TPSA) is 54.0 Å². The average molecular weight is 326 g/mol. The molecule has 0 radical (unpaired) electrons. The van der Waals surface area contributed by atoms with E-state index >= 15 is 0 Å². The van der Waals surface area contributed by atoms with Gasteiger partial charge in [0.1, 0.15) is 5.69 Å². The molecule has 1 aliphatic rings. The van der Waals surface area contributed by atoms with Crippen LogP contribution in [0.25, 0.3) is 0 Å². The van der Waals surface area contributed by atoms with Crippen LogP contribution in [0, 0.1) is 0 Å². The van der Waals surface area contributed by atoms with Crippen LogP contribution in [0.1, 0.15) is 47.6 Å². The number of hydrogen-bond acceptors (Lipinski definition) is 4. The lowest BCUT2D eigenvalue weighted by molar-refractivity contribution is 0.0949. The van der Waals surface area contributed by atoms with Crippen molar-refractivity contribution in [2.75, 3.05) is 19.6 Å². The monoisotopic (exact) mass is 325 g/mol. The summed E-state index contributed by atoms with van der Waals surface area (Å²) in [6, 6.07) is 0. The summed E-state index contributed by atoms with van der Waals surface area (Å²) in [4.78, 5) is 16.1. The summed E-state index contributed by atoms with van der Waals surface area (Å²) in [5.74, 6) is 0.583. The first-order valence-electron chi connectivity index (χ1n) is 6.25. The Morgan fingerprint density at radius 2 is 2.11 bits per heavy atom. The summed E-state index contributed by atoms with van der Waals surface area (Å²) in [5.41, 5.74) is 0.576. The number of carbonyl (C=O) groups excluding carboxylic acids is 1. The lowest BCUT2D eigenvalue weighted by Crippen LogP contribution is -2.32. The zero-order chi connectivity index (χ0) is 12.1. The molecule has 110 valence electrons. The minimum absolute atomic E-state index is 0. The Bertz CT molecular complexity index is 383. The number of halogens is 2. The van der Waals surface area contributed by atoms with Gasteiger partial charge in [-0.2, -0.15) is 0 Å². The molecule has 2 rings (SSSR count). The highest BCUT2D eigenvalue weighted by Gasteiger charge is 2.27. The van der Waals surface area contributed by atoms with E-state index in [0.29, 0.717) is 18.2 Å². The molecule has 1 fully saturated rings. The van der Waals surface area contributed by atoms with Gasteiger partial charge >= 0.3 is 0 Å². The SMILES string of the molecule is CCCNCCNC(=O)c1csc(C2CC2)n1.Cl.Cl. The van der Waals surface area contributed by atoms with Crippen molar-refractivity contribution < 1.29 is 4.79 Å². The number of thiazole rings is 1. The van der Waals surface area contributed by atoms with Gasteiger partial charge in [-0.3, -0.25) is 4.79 Å². The van der Waals surface area contributed by atoms with Crippen LogP contribution in [0.3, 0.4) is 0 Å². The molecule has 0 aliphatic heterocycles. The van der Waals surface area contributed by atoms with E-state index in [1.54, 1.807) is 11.3 Å². The molecule has 1 heterocycles. The number of amides is 1. The Kier molecular flexibility index (Phi) is 9.35. The molecule has 2 N–H and O–H groups in total. The van der Waals surface area contributed by atoms with E-state index in [-0.39, 0.29) is 30.7 Å². The first-order valence-corrected chi connectivity index (χ1v) is 7.13. The highest BCUT2D eigenvalue weighted by atomic mass is 35.5. The minimum Gasteiger partial charge on any atom is -0.349 e. The molecule has 0 bridgehead atoms. The lowest BCUT2D eigenvalue weighted by atomic mass is 10.4. The van der Waals surface area contributed by atoms with Gasteiger partial charge in [-0.15, -0.1) is 36.2 Å². The van der Waals surface area contributed by atoms with Crippen molar-refractivity contribution in [1.82, 2.24) is 15.6 Å². The van der Waals surface area contributed by atoms with Gasteiger partial charge in [0.15, 0.2) is 0 Å². The van der Waals surface area contributed by atoms with Crippen molar-refractivity contribution >= 4 is 42.1 Å². The van der Waals surface area contributed by atoms with Crippen LogP contribution in [0.5, 0.6) is 0 Å². The van der Waals surface area contributed by atoms with Crippen LogP contribution in [0.15, 0.2) is 5.38 Å². The highest BCUT2D eigenvalue weighted by molar-refractivity contribution is 7.10. The lowest BCUT2D eigenvalue weighted by Gasteiger charge is -2.04. The Balaban J connectivity index is 0.00000162.